The summed E-state index contributed by atoms with van der Waals surface area (Å²) in [4.78, 5) is 16.1. The standard InChI is InChI=1S/C20H30N2O2/c1-15-12-17(4-5-20(15)24-3)13-21-9-6-19(14-21)18-7-10-22(11-8-18)16(2)23/h4-5,12,18-19H,6-11,13-14H2,1-3H3. The maximum atomic E-state index is 11.5. The van der Waals surface area contributed by atoms with Gasteiger partial charge in [0.05, 0.1) is 7.11 Å². The Bertz CT molecular complexity index is 579. The second kappa shape index (κ2) is 7.56. The molecule has 0 N–H and O–H groups in total. The number of likely N-dealkylation sites (tertiary alicyclic amines) is 2. The molecular weight excluding hydrogens is 300 g/mol. The fourth-order valence-electron chi connectivity index (χ4n) is 4.37. The van der Waals surface area contributed by atoms with Gasteiger partial charge in [0.1, 0.15) is 5.75 Å². The lowest BCUT2D eigenvalue weighted by Gasteiger charge is -2.34. The first-order chi connectivity index (χ1) is 11.6. The summed E-state index contributed by atoms with van der Waals surface area (Å²) in [5.74, 6) is 2.80. The maximum absolute atomic E-state index is 11.5. The third-order valence-corrected chi connectivity index (χ3v) is 5.83. The van der Waals surface area contributed by atoms with Crippen molar-refractivity contribution >= 4 is 5.91 Å². The summed E-state index contributed by atoms with van der Waals surface area (Å²) in [5, 5.41) is 0. The first-order valence-corrected chi connectivity index (χ1v) is 9.18. The number of ether oxygens (including phenoxy) is 1. The number of hydrogen-bond donors (Lipinski definition) is 0. The average molecular weight is 330 g/mol. The molecular formula is C20H30N2O2. The number of piperidine rings is 1. The molecule has 3 rings (SSSR count). The van der Waals surface area contributed by atoms with Crippen LogP contribution in [0.25, 0.3) is 0 Å². The Kier molecular flexibility index (Phi) is 5.44. The molecule has 4 heteroatoms. The van der Waals surface area contributed by atoms with Crippen molar-refractivity contribution in [2.24, 2.45) is 11.8 Å². The van der Waals surface area contributed by atoms with E-state index in [9.17, 15) is 4.79 Å². The Balaban J connectivity index is 1.51. The Labute approximate surface area is 145 Å². The van der Waals surface area contributed by atoms with E-state index in [4.69, 9.17) is 4.74 Å². The van der Waals surface area contributed by atoms with Gasteiger partial charge in [-0.15, -0.1) is 0 Å². The van der Waals surface area contributed by atoms with E-state index in [0.29, 0.717) is 0 Å². The molecule has 0 aliphatic carbocycles. The molecule has 1 aromatic rings. The third-order valence-electron chi connectivity index (χ3n) is 5.83. The maximum Gasteiger partial charge on any atom is 0.219 e. The first-order valence-electron chi connectivity index (χ1n) is 9.18. The van der Waals surface area contributed by atoms with Crippen LogP contribution in [0.5, 0.6) is 5.75 Å². The van der Waals surface area contributed by atoms with Crippen LogP contribution in [-0.2, 0) is 11.3 Å². The topological polar surface area (TPSA) is 32.8 Å². The highest BCUT2D eigenvalue weighted by Crippen LogP contribution is 2.32. The number of hydrogen-bond acceptors (Lipinski definition) is 3. The molecule has 0 radical (unpaired) electrons. The lowest BCUT2D eigenvalue weighted by Crippen LogP contribution is -2.39. The lowest BCUT2D eigenvalue weighted by molar-refractivity contribution is -0.130. The molecule has 1 amide bonds. The van der Waals surface area contributed by atoms with Gasteiger partial charge in [-0.1, -0.05) is 12.1 Å². The minimum Gasteiger partial charge on any atom is -0.496 e. The molecule has 1 aromatic carbocycles. The number of nitrogens with zero attached hydrogens (tertiary/aromatic N) is 2. The minimum atomic E-state index is 0.233. The predicted molar refractivity (Wildman–Crippen MR) is 96.1 cm³/mol. The van der Waals surface area contributed by atoms with Crippen molar-refractivity contribution in [3.63, 3.8) is 0 Å². The highest BCUT2D eigenvalue weighted by atomic mass is 16.5. The van der Waals surface area contributed by atoms with E-state index in [1.165, 1.54) is 43.5 Å². The number of carbonyl (C=O) groups is 1. The van der Waals surface area contributed by atoms with E-state index >= 15 is 0 Å². The zero-order chi connectivity index (χ0) is 17.1. The summed E-state index contributed by atoms with van der Waals surface area (Å²) in [6, 6.07) is 6.51. The van der Waals surface area contributed by atoms with Gasteiger partial charge in [0.2, 0.25) is 5.91 Å². The number of rotatable bonds is 4. The van der Waals surface area contributed by atoms with E-state index < -0.39 is 0 Å². The fourth-order valence-corrected chi connectivity index (χ4v) is 4.37. The molecule has 0 spiro atoms. The van der Waals surface area contributed by atoms with Gasteiger partial charge >= 0.3 is 0 Å². The monoisotopic (exact) mass is 330 g/mol. The zero-order valence-corrected chi connectivity index (χ0v) is 15.3. The number of methoxy groups -OCH3 is 1. The highest BCUT2D eigenvalue weighted by Gasteiger charge is 2.32. The van der Waals surface area contributed by atoms with Gasteiger partial charge < -0.3 is 9.64 Å². The number of carbonyl (C=O) groups excluding carboxylic acids is 1. The van der Waals surface area contributed by atoms with Crippen molar-refractivity contribution < 1.29 is 9.53 Å². The number of benzene rings is 1. The van der Waals surface area contributed by atoms with Crippen molar-refractivity contribution in [3.05, 3.63) is 29.3 Å². The molecule has 132 valence electrons. The molecule has 2 fully saturated rings. The second-order valence-corrected chi connectivity index (χ2v) is 7.43. The first kappa shape index (κ1) is 17.3. The lowest BCUT2D eigenvalue weighted by atomic mass is 9.84. The minimum absolute atomic E-state index is 0.233. The molecule has 1 unspecified atom stereocenters. The smallest absolute Gasteiger partial charge is 0.219 e. The van der Waals surface area contributed by atoms with Crippen molar-refractivity contribution in [1.82, 2.24) is 9.80 Å². The normalized spacial score (nSPS) is 22.8. The van der Waals surface area contributed by atoms with Crippen LogP contribution >= 0.6 is 0 Å². The summed E-state index contributed by atoms with van der Waals surface area (Å²) in [6.45, 7) is 9.14. The van der Waals surface area contributed by atoms with Gasteiger partial charge in [0, 0.05) is 33.1 Å². The van der Waals surface area contributed by atoms with Gasteiger partial charge in [-0.05, 0) is 61.8 Å². The molecule has 2 aliphatic rings. The van der Waals surface area contributed by atoms with Crippen LogP contribution in [0.15, 0.2) is 18.2 Å². The van der Waals surface area contributed by atoms with Crippen molar-refractivity contribution in [2.45, 2.75) is 39.7 Å². The summed E-state index contributed by atoms with van der Waals surface area (Å²) < 4.78 is 5.35. The molecule has 1 atom stereocenters. The number of aryl methyl sites for hydroxylation is 1. The average Bonchev–Trinajstić information content (AvgIpc) is 3.03. The molecule has 2 saturated heterocycles. The van der Waals surface area contributed by atoms with E-state index in [0.717, 1.165) is 37.2 Å². The Morgan fingerprint density at radius 1 is 1.17 bits per heavy atom. The highest BCUT2D eigenvalue weighted by molar-refractivity contribution is 5.73. The van der Waals surface area contributed by atoms with Crippen molar-refractivity contribution in [2.75, 3.05) is 33.3 Å². The van der Waals surface area contributed by atoms with Gasteiger partial charge in [-0.3, -0.25) is 9.69 Å². The van der Waals surface area contributed by atoms with Crippen LogP contribution in [0.4, 0.5) is 0 Å². The van der Waals surface area contributed by atoms with E-state index in [-0.39, 0.29) is 5.91 Å². The van der Waals surface area contributed by atoms with Gasteiger partial charge in [0.25, 0.3) is 0 Å². The second-order valence-electron chi connectivity index (χ2n) is 7.43. The Hall–Kier alpha value is -1.55. The fraction of sp³-hybridized carbons (Fsp3) is 0.650. The Morgan fingerprint density at radius 3 is 2.50 bits per heavy atom. The van der Waals surface area contributed by atoms with E-state index in [1.807, 2.05) is 4.90 Å². The molecule has 0 aromatic heterocycles. The van der Waals surface area contributed by atoms with Crippen molar-refractivity contribution in [3.8, 4) is 5.75 Å². The van der Waals surface area contributed by atoms with Crippen LogP contribution < -0.4 is 4.74 Å². The largest absolute Gasteiger partial charge is 0.496 e. The van der Waals surface area contributed by atoms with Crippen LogP contribution in [-0.4, -0.2) is 49.0 Å². The van der Waals surface area contributed by atoms with Gasteiger partial charge in [-0.25, -0.2) is 0 Å². The van der Waals surface area contributed by atoms with Gasteiger partial charge in [0.15, 0.2) is 0 Å². The number of amides is 1. The summed E-state index contributed by atoms with van der Waals surface area (Å²) in [7, 11) is 1.73. The Morgan fingerprint density at radius 2 is 1.88 bits per heavy atom. The molecule has 0 saturated carbocycles. The molecule has 24 heavy (non-hydrogen) atoms. The predicted octanol–water partition coefficient (Wildman–Crippen LogP) is 3.08. The van der Waals surface area contributed by atoms with Gasteiger partial charge in [-0.2, -0.15) is 0 Å². The summed E-state index contributed by atoms with van der Waals surface area (Å²) in [5.41, 5.74) is 2.59. The summed E-state index contributed by atoms with van der Waals surface area (Å²) in [6.07, 6.45) is 3.67. The van der Waals surface area contributed by atoms with E-state index in [2.05, 4.69) is 30.0 Å². The molecule has 2 heterocycles. The van der Waals surface area contributed by atoms with Crippen LogP contribution in [0, 0.1) is 18.8 Å². The zero-order valence-electron chi connectivity index (χ0n) is 15.3. The molecule has 2 aliphatic heterocycles. The SMILES string of the molecule is COc1ccc(CN2CCC(C3CCN(C(C)=O)CC3)C2)cc1C. The molecule has 0 bridgehead atoms. The summed E-state index contributed by atoms with van der Waals surface area (Å²) >= 11 is 0. The van der Waals surface area contributed by atoms with Crippen LogP contribution in [0.1, 0.15) is 37.3 Å². The van der Waals surface area contributed by atoms with E-state index in [1.54, 1.807) is 14.0 Å². The van der Waals surface area contributed by atoms with Crippen LogP contribution in [0.3, 0.4) is 0 Å². The third kappa shape index (κ3) is 3.92. The van der Waals surface area contributed by atoms with Crippen molar-refractivity contribution in [1.29, 1.82) is 0 Å². The van der Waals surface area contributed by atoms with Crippen LogP contribution in [0.2, 0.25) is 0 Å². The quantitative estimate of drug-likeness (QED) is 0.850. The molecule has 4 nitrogen and oxygen atoms in total.